The Morgan fingerprint density at radius 2 is 2.17 bits per heavy atom. The van der Waals surface area contributed by atoms with Gasteiger partial charge in [0.15, 0.2) is 0 Å². The standard InChI is InChI=1S/C17H24BN3O8/c19-12(16(23)20-27-6-5-22)9-21-7-11(8-21)28-13-2-1-10-3-4-18(26)29-15(10)14(13)17(24)25/h1-2,11-12,22,26H,3-9,19H2,(H,20,23)(H,24,25)/t12-/m1/s1. The Balaban J connectivity index is 1.54. The van der Waals surface area contributed by atoms with Gasteiger partial charge in [-0.2, -0.15) is 0 Å². The van der Waals surface area contributed by atoms with E-state index in [0.29, 0.717) is 25.8 Å². The molecule has 29 heavy (non-hydrogen) atoms. The number of aliphatic hydroxyl groups excluding tert-OH is 1. The van der Waals surface area contributed by atoms with E-state index in [0.717, 1.165) is 5.56 Å². The third kappa shape index (κ3) is 5.16. The number of likely N-dealkylation sites (tertiary alicyclic amines) is 1. The number of hydrogen-bond acceptors (Lipinski definition) is 9. The van der Waals surface area contributed by atoms with Crippen LogP contribution < -0.4 is 20.6 Å². The minimum absolute atomic E-state index is 0.0223. The van der Waals surface area contributed by atoms with Crippen LogP contribution >= 0.6 is 0 Å². The zero-order chi connectivity index (χ0) is 21.0. The van der Waals surface area contributed by atoms with Gasteiger partial charge in [0.05, 0.1) is 19.3 Å². The number of fused-ring (bicyclic) bond motifs is 1. The number of benzene rings is 1. The average molecular weight is 409 g/mol. The molecular weight excluding hydrogens is 385 g/mol. The van der Waals surface area contributed by atoms with Crippen LogP contribution in [0.3, 0.4) is 0 Å². The highest BCUT2D eigenvalue weighted by molar-refractivity contribution is 6.44. The van der Waals surface area contributed by atoms with Crippen LogP contribution in [0, 0.1) is 0 Å². The maximum Gasteiger partial charge on any atom is 0.522 e. The number of carboxylic acids is 1. The van der Waals surface area contributed by atoms with Gasteiger partial charge in [0, 0.05) is 19.6 Å². The molecule has 2 aliphatic heterocycles. The van der Waals surface area contributed by atoms with E-state index in [9.17, 15) is 19.7 Å². The molecule has 0 aliphatic carbocycles. The second-order valence-corrected chi connectivity index (χ2v) is 6.95. The fourth-order valence-electron chi connectivity index (χ4n) is 3.24. The Morgan fingerprint density at radius 3 is 2.86 bits per heavy atom. The highest BCUT2D eigenvalue weighted by atomic mass is 16.7. The van der Waals surface area contributed by atoms with E-state index in [-0.39, 0.29) is 42.9 Å². The number of nitrogens with zero attached hydrogens (tertiary/aromatic N) is 1. The minimum atomic E-state index is -1.19. The van der Waals surface area contributed by atoms with Crippen molar-refractivity contribution < 1.29 is 39.1 Å². The molecule has 3 rings (SSSR count). The molecule has 1 fully saturated rings. The summed E-state index contributed by atoms with van der Waals surface area (Å²) in [5.41, 5.74) is 8.58. The van der Waals surface area contributed by atoms with Crippen molar-refractivity contribution in [1.29, 1.82) is 0 Å². The Morgan fingerprint density at radius 1 is 1.41 bits per heavy atom. The molecule has 0 unspecified atom stereocenters. The molecule has 12 heteroatoms. The predicted octanol–water partition coefficient (Wildman–Crippen LogP) is -1.77. The van der Waals surface area contributed by atoms with Gasteiger partial charge in [-0.3, -0.25) is 14.5 Å². The number of nitrogens with two attached hydrogens (primary N) is 1. The molecular formula is C17H24BN3O8. The first kappa shape index (κ1) is 21.3. The summed E-state index contributed by atoms with van der Waals surface area (Å²) in [7, 11) is -1.04. The molecule has 0 bridgehead atoms. The zero-order valence-electron chi connectivity index (χ0n) is 15.7. The summed E-state index contributed by atoms with van der Waals surface area (Å²) >= 11 is 0. The molecule has 2 heterocycles. The lowest BCUT2D eigenvalue weighted by atomic mass is 9.78. The van der Waals surface area contributed by atoms with Crippen LogP contribution in [0.2, 0.25) is 6.32 Å². The maximum absolute atomic E-state index is 11.7. The number of aryl methyl sites for hydroxylation is 1. The summed E-state index contributed by atoms with van der Waals surface area (Å²) in [6, 6.07) is 2.53. The highest BCUT2D eigenvalue weighted by Gasteiger charge is 2.34. The number of carbonyl (C=O) groups is 2. The first-order chi connectivity index (χ1) is 13.9. The Kier molecular flexibility index (Phi) is 6.93. The van der Waals surface area contributed by atoms with Gasteiger partial charge in [0.1, 0.15) is 23.2 Å². The molecule has 1 aromatic carbocycles. The Labute approximate surface area is 167 Å². The van der Waals surface area contributed by atoms with E-state index >= 15 is 0 Å². The molecule has 0 saturated carbocycles. The maximum atomic E-state index is 11.7. The normalized spacial score (nSPS) is 17.7. The van der Waals surface area contributed by atoms with Crippen LogP contribution in [0.4, 0.5) is 0 Å². The van der Waals surface area contributed by atoms with Crippen molar-refractivity contribution in [1.82, 2.24) is 10.4 Å². The molecule has 6 N–H and O–H groups in total. The highest BCUT2D eigenvalue weighted by Crippen LogP contribution is 2.37. The van der Waals surface area contributed by atoms with Gasteiger partial charge in [0.25, 0.3) is 5.91 Å². The predicted molar refractivity (Wildman–Crippen MR) is 101 cm³/mol. The van der Waals surface area contributed by atoms with Crippen LogP contribution in [-0.2, 0) is 16.1 Å². The molecule has 0 aromatic heterocycles. The molecule has 1 atom stereocenters. The smallest absolute Gasteiger partial charge is 0.522 e. The van der Waals surface area contributed by atoms with Crippen LogP contribution in [0.5, 0.6) is 11.5 Å². The molecule has 0 spiro atoms. The Hall–Kier alpha value is -2.38. The van der Waals surface area contributed by atoms with Gasteiger partial charge in [-0.05, 0) is 24.4 Å². The van der Waals surface area contributed by atoms with Crippen molar-refractivity contribution in [3.63, 3.8) is 0 Å². The zero-order valence-corrected chi connectivity index (χ0v) is 15.7. The van der Waals surface area contributed by atoms with Crippen molar-refractivity contribution >= 4 is 19.0 Å². The molecule has 11 nitrogen and oxygen atoms in total. The van der Waals surface area contributed by atoms with E-state index in [1.165, 1.54) is 0 Å². The molecule has 1 amide bonds. The number of aliphatic hydroxyl groups is 1. The van der Waals surface area contributed by atoms with Crippen molar-refractivity contribution in [3.05, 3.63) is 23.3 Å². The van der Waals surface area contributed by atoms with E-state index < -0.39 is 25.0 Å². The van der Waals surface area contributed by atoms with Crippen molar-refractivity contribution in [3.8, 4) is 11.5 Å². The quantitative estimate of drug-likeness (QED) is 0.179. The first-order valence-corrected chi connectivity index (χ1v) is 9.30. The Bertz CT molecular complexity index is 758. The van der Waals surface area contributed by atoms with E-state index in [1.54, 1.807) is 12.1 Å². The van der Waals surface area contributed by atoms with Gasteiger partial charge in [-0.1, -0.05) is 6.07 Å². The van der Waals surface area contributed by atoms with Gasteiger partial charge >= 0.3 is 13.1 Å². The fraction of sp³-hybridized carbons (Fsp3) is 0.529. The summed E-state index contributed by atoms with van der Waals surface area (Å²) in [6.45, 7) is 0.979. The van der Waals surface area contributed by atoms with Crippen LogP contribution in [-0.4, -0.2) is 84.1 Å². The average Bonchev–Trinajstić information content (AvgIpc) is 2.65. The summed E-state index contributed by atoms with van der Waals surface area (Å²) in [4.78, 5) is 30.1. The van der Waals surface area contributed by atoms with Gasteiger partial charge in [0.2, 0.25) is 0 Å². The third-order valence-corrected chi connectivity index (χ3v) is 4.70. The number of ether oxygens (including phenoxy) is 1. The summed E-state index contributed by atoms with van der Waals surface area (Å²) in [6.07, 6.45) is 0.666. The van der Waals surface area contributed by atoms with Crippen molar-refractivity contribution in [2.24, 2.45) is 5.73 Å². The van der Waals surface area contributed by atoms with Crippen LogP contribution in [0.15, 0.2) is 12.1 Å². The second kappa shape index (κ2) is 9.42. The lowest BCUT2D eigenvalue weighted by Gasteiger charge is -2.40. The number of amides is 1. The molecule has 1 aromatic rings. The summed E-state index contributed by atoms with van der Waals surface area (Å²) < 4.78 is 11.2. The topological polar surface area (TPSA) is 164 Å². The van der Waals surface area contributed by atoms with E-state index in [4.69, 9.17) is 25.1 Å². The fourth-order valence-corrected chi connectivity index (χ4v) is 3.24. The van der Waals surface area contributed by atoms with Gasteiger partial charge in [-0.25, -0.2) is 10.3 Å². The van der Waals surface area contributed by atoms with Gasteiger partial charge < -0.3 is 30.4 Å². The van der Waals surface area contributed by atoms with Crippen LogP contribution in [0.25, 0.3) is 0 Å². The van der Waals surface area contributed by atoms with E-state index in [1.807, 2.05) is 4.90 Å². The number of rotatable bonds is 9. The SMILES string of the molecule is N[C@H](CN1CC(Oc2ccc3c(c2C(=O)O)OB(O)CC3)C1)C(=O)NOCCO. The van der Waals surface area contributed by atoms with E-state index in [2.05, 4.69) is 5.48 Å². The summed E-state index contributed by atoms with van der Waals surface area (Å²) in [5, 5.41) is 27.9. The lowest BCUT2D eigenvalue weighted by Crippen LogP contribution is -2.59. The van der Waals surface area contributed by atoms with Crippen LogP contribution in [0.1, 0.15) is 15.9 Å². The molecule has 2 aliphatic rings. The minimum Gasteiger partial charge on any atom is -0.535 e. The monoisotopic (exact) mass is 409 g/mol. The summed E-state index contributed by atoms with van der Waals surface area (Å²) in [5.74, 6) is -1.37. The largest absolute Gasteiger partial charge is 0.535 e. The number of aromatic carboxylic acids is 1. The number of carboxylic acid groups (broad SMARTS) is 1. The van der Waals surface area contributed by atoms with Crippen molar-refractivity contribution in [2.75, 3.05) is 32.8 Å². The van der Waals surface area contributed by atoms with Gasteiger partial charge in [-0.15, -0.1) is 0 Å². The number of carbonyl (C=O) groups excluding carboxylic acids is 1. The lowest BCUT2D eigenvalue weighted by molar-refractivity contribution is -0.136. The second-order valence-electron chi connectivity index (χ2n) is 6.95. The van der Waals surface area contributed by atoms with Crippen molar-refractivity contribution in [2.45, 2.75) is 24.9 Å². The first-order valence-electron chi connectivity index (χ1n) is 9.30. The number of nitrogens with one attached hydrogen (secondary N) is 1. The third-order valence-electron chi connectivity index (χ3n) is 4.70. The molecule has 1 saturated heterocycles. The molecule has 158 valence electrons. The number of hydrogen-bond donors (Lipinski definition) is 5. The number of hydroxylamine groups is 1. The molecule has 0 radical (unpaired) electrons.